The molecule has 0 saturated carbocycles. The summed E-state index contributed by atoms with van der Waals surface area (Å²) in [6, 6.07) is 0. The maximum atomic E-state index is 11.8. The van der Waals surface area contributed by atoms with Gasteiger partial charge in [0.1, 0.15) is 0 Å². The van der Waals surface area contributed by atoms with Gasteiger partial charge < -0.3 is 14.6 Å². The van der Waals surface area contributed by atoms with E-state index in [-0.39, 0.29) is 11.5 Å². The van der Waals surface area contributed by atoms with Crippen LogP contribution in [0.3, 0.4) is 0 Å². The van der Waals surface area contributed by atoms with Crippen LogP contribution in [-0.4, -0.2) is 35.5 Å². The summed E-state index contributed by atoms with van der Waals surface area (Å²) >= 11 is 0. The number of carbonyl (C=O) groups excluding carboxylic acids is 1. The van der Waals surface area contributed by atoms with E-state index >= 15 is 0 Å². The summed E-state index contributed by atoms with van der Waals surface area (Å²) in [5, 5.41) is 10.3. The lowest BCUT2D eigenvalue weighted by Gasteiger charge is -2.42. The second-order valence-corrected chi connectivity index (χ2v) is 5.21. The molecule has 0 aromatic rings. The molecule has 1 aliphatic heterocycles. The highest BCUT2D eigenvalue weighted by Gasteiger charge is 2.45. The second-order valence-electron chi connectivity index (χ2n) is 5.21. The Hall–Kier alpha value is -0.610. The lowest BCUT2D eigenvalue weighted by molar-refractivity contribution is -0.181. The van der Waals surface area contributed by atoms with Gasteiger partial charge in [0.15, 0.2) is 5.60 Å². The molecular formula is C13H24O4. The number of esters is 1. The molecule has 0 aliphatic carbocycles. The van der Waals surface area contributed by atoms with Crippen LogP contribution in [0.1, 0.15) is 47.0 Å². The van der Waals surface area contributed by atoms with Crippen molar-refractivity contribution in [3.8, 4) is 0 Å². The van der Waals surface area contributed by atoms with Crippen molar-refractivity contribution in [2.24, 2.45) is 5.92 Å². The van der Waals surface area contributed by atoms with Gasteiger partial charge in [-0.15, -0.1) is 0 Å². The highest BCUT2D eigenvalue weighted by atomic mass is 16.5. The van der Waals surface area contributed by atoms with Crippen molar-refractivity contribution in [2.75, 3.05) is 13.2 Å². The summed E-state index contributed by atoms with van der Waals surface area (Å²) in [6.07, 6.45) is 2.26. The van der Waals surface area contributed by atoms with Crippen molar-refractivity contribution in [2.45, 2.75) is 58.2 Å². The molecular weight excluding hydrogens is 220 g/mol. The topological polar surface area (TPSA) is 55.8 Å². The lowest BCUT2D eigenvalue weighted by atomic mass is 9.76. The number of carbonyl (C=O) groups is 1. The minimum absolute atomic E-state index is 0.0970. The number of hydrogen-bond donors (Lipinski definition) is 1. The van der Waals surface area contributed by atoms with Gasteiger partial charge in [0.25, 0.3) is 0 Å². The van der Waals surface area contributed by atoms with Gasteiger partial charge in [-0.25, -0.2) is 4.79 Å². The molecule has 3 unspecified atom stereocenters. The van der Waals surface area contributed by atoms with Gasteiger partial charge in [-0.2, -0.15) is 0 Å². The first-order valence-electron chi connectivity index (χ1n) is 6.39. The Balaban J connectivity index is 2.74. The fourth-order valence-electron chi connectivity index (χ4n) is 2.30. The standard InChI is InChI=1S/C13H24O4/c1-5-12(3)9-10(7-8-17-12)13(4,15)11(14)16-6-2/h10,15H,5-9H2,1-4H3. The maximum Gasteiger partial charge on any atom is 0.338 e. The minimum atomic E-state index is -1.41. The Morgan fingerprint density at radius 2 is 2.24 bits per heavy atom. The van der Waals surface area contributed by atoms with E-state index in [9.17, 15) is 9.90 Å². The Kier molecular flexibility index (Phi) is 4.55. The largest absolute Gasteiger partial charge is 0.464 e. The third kappa shape index (κ3) is 3.19. The molecule has 1 saturated heterocycles. The molecule has 1 rings (SSSR count). The smallest absolute Gasteiger partial charge is 0.338 e. The Morgan fingerprint density at radius 3 is 2.76 bits per heavy atom. The predicted molar refractivity (Wildman–Crippen MR) is 64.6 cm³/mol. The van der Waals surface area contributed by atoms with Gasteiger partial charge in [0.05, 0.1) is 12.2 Å². The quantitative estimate of drug-likeness (QED) is 0.767. The van der Waals surface area contributed by atoms with Crippen molar-refractivity contribution in [1.82, 2.24) is 0 Å². The zero-order valence-electron chi connectivity index (χ0n) is 11.3. The minimum Gasteiger partial charge on any atom is -0.464 e. The molecule has 3 atom stereocenters. The molecule has 1 fully saturated rings. The number of hydrogen-bond acceptors (Lipinski definition) is 4. The first-order valence-corrected chi connectivity index (χ1v) is 6.39. The lowest BCUT2D eigenvalue weighted by Crippen LogP contribution is -2.50. The number of rotatable bonds is 4. The Morgan fingerprint density at radius 1 is 1.59 bits per heavy atom. The molecule has 0 bridgehead atoms. The average molecular weight is 244 g/mol. The van der Waals surface area contributed by atoms with Crippen molar-refractivity contribution in [1.29, 1.82) is 0 Å². The summed E-state index contributed by atoms with van der Waals surface area (Å²) in [5.41, 5.74) is -1.64. The van der Waals surface area contributed by atoms with E-state index in [2.05, 4.69) is 6.92 Å². The summed E-state index contributed by atoms with van der Waals surface area (Å²) in [6.45, 7) is 8.26. The first kappa shape index (κ1) is 14.5. The Bertz CT molecular complexity index is 275. The molecule has 1 N–H and O–H groups in total. The summed E-state index contributed by atoms with van der Waals surface area (Å²) in [4.78, 5) is 11.8. The molecule has 0 spiro atoms. The summed E-state index contributed by atoms with van der Waals surface area (Å²) < 4.78 is 10.6. The van der Waals surface area contributed by atoms with Crippen LogP contribution < -0.4 is 0 Å². The molecule has 0 amide bonds. The van der Waals surface area contributed by atoms with Gasteiger partial charge in [-0.1, -0.05) is 6.92 Å². The van der Waals surface area contributed by atoms with Crippen LogP contribution in [0.25, 0.3) is 0 Å². The molecule has 0 aromatic heterocycles. The molecule has 4 heteroatoms. The molecule has 17 heavy (non-hydrogen) atoms. The Labute approximate surface area is 103 Å². The zero-order valence-corrected chi connectivity index (χ0v) is 11.3. The SMILES string of the molecule is CCOC(=O)C(C)(O)C1CCOC(C)(CC)C1. The monoisotopic (exact) mass is 244 g/mol. The zero-order chi connectivity index (χ0) is 13.1. The number of ether oxygens (including phenoxy) is 2. The third-order valence-electron chi connectivity index (χ3n) is 3.83. The third-order valence-corrected chi connectivity index (χ3v) is 3.83. The van der Waals surface area contributed by atoms with Crippen molar-refractivity contribution >= 4 is 5.97 Å². The van der Waals surface area contributed by atoms with Gasteiger partial charge in [0, 0.05) is 12.5 Å². The van der Waals surface area contributed by atoms with Crippen molar-refractivity contribution < 1.29 is 19.4 Å². The van der Waals surface area contributed by atoms with Crippen LogP contribution >= 0.6 is 0 Å². The highest BCUT2D eigenvalue weighted by molar-refractivity contribution is 5.79. The molecule has 0 aromatic carbocycles. The van der Waals surface area contributed by atoms with Gasteiger partial charge in [0.2, 0.25) is 0 Å². The molecule has 4 nitrogen and oxygen atoms in total. The molecule has 0 radical (unpaired) electrons. The van der Waals surface area contributed by atoms with Crippen LogP contribution in [-0.2, 0) is 14.3 Å². The van der Waals surface area contributed by atoms with E-state index in [0.717, 1.165) is 6.42 Å². The van der Waals surface area contributed by atoms with Crippen LogP contribution in [0.15, 0.2) is 0 Å². The summed E-state index contributed by atoms with van der Waals surface area (Å²) in [7, 11) is 0. The van der Waals surface area contributed by atoms with Crippen molar-refractivity contribution in [3.05, 3.63) is 0 Å². The average Bonchev–Trinajstić information content (AvgIpc) is 2.29. The molecule has 100 valence electrons. The molecule has 1 heterocycles. The highest BCUT2D eigenvalue weighted by Crippen LogP contribution is 2.37. The van der Waals surface area contributed by atoms with Crippen LogP contribution in [0.2, 0.25) is 0 Å². The van der Waals surface area contributed by atoms with E-state index in [1.54, 1.807) is 13.8 Å². The van der Waals surface area contributed by atoms with Crippen LogP contribution in [0.5, 0.6) is 0 Å². The van der Waals surface area contributed by atoms with Gasteiger partial charge in [-0.3, -0.25) is 0 Å². The van der Waals surface area contributed by atoms with E-state index in [1.165, 1.54) is 0 Å². The fourth-order valence-corrected chi connectivity index (χ4v) is 2.30. The van der Waals surface area contributed by atoms with E-state index in [4.69, 9.17) is 9.47 Å². The fraction of sp³-hybridized carbons (Fsp3) is 0.923. The normalized spacial score (nSPS) is 32.9. The first-order chi connectivity index (χ1) is 7.85. The summed E-state index contributed by atoms with van der Waals surface area (Å²) in [5.74, 6) is -0.620. The van der Waals surface area contributed by atoms with Crippen LogP contribution in [0, 0.1) is 5.92 Å². The van der Waals surface area contributed by atoms with Gasteiger partial charge >= 0.3 is 5.97 Å². The number of aliphatic hydroxyl groups is 1. The van der Waals surface area contributed by atoms with E-state index in [1.807, 2.05) is 6.92 Å². The molecule has 1 aliphatic rings. The van der Waals surface area contributed by atoms with Gasteiger partial charge in [-0.05, 0) is 40.0 Å². The van der Waals surface area contributed by atoms with Crippen LogP contribution in [0.4, 0.5) is 0 Å². The maximum absolute atomic E-state index is 11.8. The predicted octanol–water partition coefficient (Wildman–Crippen LogP) is 1.90. The van der Waals surface area contributed by atoms with E-state index < -0.39 is 11.6 Å². The van der Waals surface area contributed by atoms with Crippen molar-refractivity contribution in [3.63, 3.8) is 0 Å². The second kappa shape index (κ2) is 5.36. The van der Waals surface area contributed by atoms with E-state index in [0.29, 0.717) is 26.1 Å².